The van der Waals surface area contributed by atoms with Gasteiger partial charge in [0.25, 0.3) is 0 Å². The molecule has 1 aliphatic heterocycles. The average molecular weight is 553 g/mol. The first-order valence-electron chi connectivity index (χ1n) is 13.1. The highest BCUT2D eigenvalue weighted by Gasteiger charge is 2.33. The van der Waals surface area contributed by atoms with E-state index in [9.17, 15) is 18.3 Å². The molecule has 1 unspecified atom stereocenters. The van der Waals surface area contributed by atoms with Gasteiger partial charge in [-0.3, -0.25) is 0 Å². The summed E-state index contributed by atoms with van der Waals surface area (Å²) < 4.78 is 27.5. The molecule has 6 rings (SSSR count). The molecular formula is C31H28N4O4S. The largest absolute Gasteiger partial charge is 0.478 e. The minimum Gasteiger partial charge on any atom is -0.478 e. The van der Waals surface area contributed by atoms with E-state index in [-0.39, 0.29) is 11.5 Å². The van der Waals surface area contributed by atoms with E-state index in [1.54, 1.807) is 29.1 Å². The van der Waals surface area contributed by atoms with E-state index in [1.165, 1.54) is 6.26 Å². The molecule has 0 aliphatic carbocycles. The van der Waals surface area contributed by atoms with Crippen molar-refractivity contribution in [2.45, 2.75) is 18.2 Å². The second kappa shape index (κ2) is 10.3. The Labute approximate surface area is 232 Å². The molecule has 1 saturated heterocycles. The van der Waals surface area contributed by atoms with Crippen molar-refractivity contribution >= 4 is 37.7 Å². The van der Waals surface area contributed by atoms with Crippen LogP contribution < -0.4 is 5.32 Å². The molecule has 0 spiro atoms. The highest BCUT2D eigenvalue weighted by atomic mass is 32.2. The summed E-state index contributed by atoms with van der Waals surface area (Å²) in [6.45, 7) is 1.60. The number of hydrogen-bond acceptors (Lipinski definition) is 5. The Kier molecular flexibility index (Phi) is 6.66. The van der Waals surface area contributed by atoms with Gasteiger partial charge in [0.2, 0.25) is 0 Å². The lowest BCUT2D eigenvalue weighted by molar-refractivity contribution is 0.0697. The van der Waals surface area contributed by atoms with Gasteiger partial charge in [0.1, 0.15) is 11.0 Å². The average Bonchev–Trinajstić information content (AvgIpc) is 3.58. The standard InChI is InChI=1S/C31H28N4O4S/c1-40(38,39)30(23-9-13-32-14-10-23)35-16-12-25-17-20(19-34-29(25)35)5-6-22-3-2-4-26(31(36)37)28(22)24-8-7-21-11-15-33-27(21)18-24/h2-4,7-8,11-12,15-19,23,30,32-33H,9-10,13-14H2,1H3,(H,36,37). The fourth-order valence-electron chi connectivity index (χ4n) is 5.72. The maximum absolute atomic E-state index is 12.8. The molecule has 0 bridgehead atoms. The van der Waals surface area contributed by atoms with Gasteiger partial charge in [-0.2, -0.15) is 0 Å². The number of aromatic carboxylic acids is 1. The summed E-state index contributed by atoms with van der Waals surface area (Å²) >= 11 is 0. The maximum atomic E-state index is 12.8. The van der Waals surface area contributed by atoms with Gasteiger partial charge in [0.15, 0.2) is 9.84 Å². The zero-order chi connectivity index (χ0) is 27.9. The van der Waals surface area contributed by atoms with Crippen molar-refractivity contribution in [2.75, 3.05) is 19.3 Å². The second-order valence-electron chi connectivity index (χ2n) is 10.2. The number of nitrogens with zero attached hydrogens (tertiary/aromatic N) is 2. The molecule has 5 aromatic rings. The molecule has 1 aliphatic rings. The van der Waals surface area contributed by atoms with Crippen molar-refractivity contribution in [1.82, 2.24) is 19.9 Å². The van der Waals surface area contributed by atoms with E-state index < -0.39 is 21.2 Å². The Morgan fingerprint density at radius 3 is 2.67 bits per heavy atom. The topological polar surface area (TPSA) is 117 Å². The van der Waals surface area contributed by atoms with Crippen LogP contribution in [0, 0.1) is 17.8 Å². The van der Waals surface area contributed by atoms with E-state index in [2.05, 4.69) is 27.1 Å². The maximum Gasteiger partial charge on any atom is 0.336 e. The quantitative estimate of drug-likeness (QED) is 0.269. The summed E-state index contributed by atoms with van der Waals surface area (Å²) in [5.74, 6) is 5.29. The molecular weight excluding hydrogens is 524 g/mol. The fourth-order valence-corrected chi connectivity index (χ4v) is 7.27. The Hall–Kier alpha value is -4.39. The van der Waals surface area contributed by atoms with Crippen LogP contribution in [0.15, 0.2) is 73.2 Å². The number of benzene rings is 2. The third kappa shape index (κ3) is 4.88. The lowest BCUT2D eigenvalue weighted by Crippen LogP contribution is -2.35. The van der Waals surface area contributed by atoms with Gasteiger partial charge in [-0.15, -0.1) is 0 Å². The number of sulfone groups is 1. The van der Waals surface area contributed by atoms with Crippen LogP contribution >= 0.6 is 0 Å². The molecule has 2 aromatic carbocycles. The molecule has 0 radical (unpaired) electrons. The SMILES string of the molecule is CS(=O)(=O)C(C1CCNCC1)n1ccc2cc(C#Cc3cccc(C(=O)O)c3-c3ccc4cc[nH]c4c3)cnc21. The van der Waals surface area contributed by atoms with Crippen molar-refractivity contribution in [3.63, 3.8) is 0 Å². The number of H-pyrrole nitrogens is 1. The Morgan fingerprint density at radius 2 is 1.90 bits per heavy atom. The van der Waals surface area contributed by atoms with Gasteiger partial charge >= 0.3 is 5.97 Å². The van der Waals surface area contributed by atoms with Gasteiger partial charge in [-0.05, 0) is 79.2 Å². The van der Waals surface area contributed by atoms with Gasteiger partial charge in [-0.1, -0.05) is 30.0 Å². The van der Waals surface area contributed by atoms with Crippen LogP contribution in [0.1, 0.15) is 39.7 Å². The summed E-state index contributed by atoms with van der Waals surface area (Å²) in [4.78, 5) is 19.9. The van der Waals surface area contributed by atoms with Crippen LogP contribution in [0.3, 0.4) is 0 Å². The number of aromatic amines is 1. The van der Waals surface area contributed by atoms with Crippen molar-refractivity contribution in [3.8, 4) is 23.0 Å². The molecule has 1 fully saturated rings. The third-order valence-corrected chi connectivity index (χ3v) is 9.02. The number of carboxylic acids is 1. The smallest absolute Gasteiger partial charge is 0.336 e. The summed E-state index contributed by atoms with van der Waals surface area (Å²) in [6.07, 6.45) is 8.15. The summed E-state index contributed by atoms with van der Waals surface area (Å²) in [6, 6.07) is 16.6. The van der Waals surface area contributed by atoms with Crippen molar-refractivity contribution in [3.05, 3.63) is 89.9 Å². The zero-order valence-electron chi connectivity index (χ0n) is 21.9. The molecule has 1 atom stereocenters. The third-order valence-electron chi connectivity index (χ3n) is 7.53. The van der Waals surface area contributed by atoms with Gasteiger partial charge in [-0.25, -0.2) is 18.2 Å². The van der Waals surface area contributed by atoms with E-state index in [0.717, 1.165) is 47.8 Å². The predicted octanol–water partition coefficient (Wildman–Crippen LogP) is 4.83. The van der Waals surface area contributed by atoms with Crippen LogP contribution in [-0.4, -0.2) is 53.4 Å². The van der Waals surface area contributed by atoms with Crippen molar-refractivity contribution < 1.29 is 18.3 Å². The van der Waals surface area contributed by atoms with E-state index >= 15 is 0 Å². The van der Waals surface area contributed by atoms with Crippen molar-refractivity contribution in [1.29, 1.82) is 0 Å². The van der Waals surface area contributed by atoms with E-state index in [4.69, 9.17) is 0 Å². The highest BCUT2D eigenvalue weighted by Crippen LogP contribution is 2.34. The number of piperidine rings is 1. The molecule has 0 saturated carbocycles. The highest BCUT2D eigenvalue weighted by molar-refractivity contribution is 7.90. The van der Waals surface area contributed by atoms with Crippen LogP contribution in [0.4, 0.5) is 0 Å². The zero-order valence-corrected chi connectivity index (χ0v) is 22.7. The number of pyridine rings is 1. The Bertz CT molecular complexity index is 1920. The number of carboxylic acid groups (broad SMARTS) is 1. The molecule has 3 aromatic heterocycles. The normalized spacial score (nSPS) is 15.1. The lowest BCUT2D eigenvalue weighted by atomic mass is 9.93. The number of hydrogen-bond donors (Lipinski definition) is 3. The monoisotopic (exact) mass is 552 g/mol. The lowest BCUT2D eigenvalue weighted by Gasteiger charge is -2.30. The number of rotatable bonds is 5. The van der Waals surface area contributed by atoms with Gasteiger partial charge < -0.3 is 20.0 Å². The molecule has 40 heavy (non-hydrogen) atoms. The summed E-state index contributed by atoms with van der Waals surface area (Å²) in [7, 11) is -3.37. The van der Waals surface area contributed by atoms with E-state index in [1.807, 2.05) is 48.7 Å². The minimum absolute atomic E-state index is 0.0123. The summed E-state index contributed by atoms with van der Waals surface area (Å²) in [5, 5.41) is 14.4. The number of fused-ring (bicyclic) bond motifs is 2. The van der Waals surface area contributed by atoms with E-state index in [0.29, 0.717) is 22.3 Å². The first kappa shape index (κ1) is 25.9. The van der Waals surface area contributed by atoms with Crippen LogP contribution in [0.5, 0.6) is 0 Å². The van der Waals surface area contributed by atoms with Crippen LogP contribution in [0.2, 0.25) is 0 Å². The predicted molar refractivity (Wildman–Crippen MR) is 156 cm³/mol. The minimum atomic E-state index is -3.37. The summed E-state index contributed by atoms with van der Waals surface area (Å²) in [5.41, 5.74) is 4.24. The Balaban J connectivity index is 1.39. The second-order valence-corrected chi connectivity index (χ2v) is 12.4. The molecule has 3 N–H and O–H groups in total. The molecule has 202 valence electrons. The number of aromatic nitrogens is 3. The fraction of sp³-hybridized carbons (Fsp3) is 0.226. The number of carbonyl (C=O) groups is 1. The van der Waals surface area contributed by atoms with Gasteiger partial charge in [0.05, 0.1) is 5.56 Å². The Morgan fingerprint density at radius 1 is 1.07 bits per heavy atom. The van der Waals surface area contributed by atoms with Crippen LogP contribution in [0.25, 0.3) is 33.1 Å². The first-order valence-corrected chi connectivity index (χ1v) is 15.1. The first-order chi connectivity index (χ1) is 19.3. The molecule has 4 heterocycles. The molecule has 8 nitrogen and oxygen atoms in total. The molecule has 9 heteroatoms. The van der Waals surface area contributed by atoms with Gasteiger partial charge in [0, 0.05) is 52.4 Å². The molecule has 0 amide bonds. The number of nitrogens with one attached hydrogen (secondary N) is 2. The van der Waals surface area contributed by atoms with Crippen LogP contribution in [-0.2, 0) is 9.84 Å². The van der Waals surface area contributed by atoms with Crippen molar-refractivity contribution in [2.24, 2.45) is 5.92 Å².